The summed E-state index contributed by atoms with van der Waals surface area (Å²) in [7, 11) is 0. The first-order chi connectivity index (χ1) is 14.7. The van der Waals surface area contributed by atoms with E-state index >= 15 is 0 Å². The normalized spacial score (nSPS) is 9.60. The van der Waals surface area contributed by atoms with E-state index in [1.165, 1.54) is 0 Å². The molecule has 0 bridgehead atoms. The lowest BCUT2D eigenvalue weighted by atomic mass is 10.0. The first-order valence-corrected chi connectivity index (χ1v) is 9.37. The summed E-state index contributed by atoms with van der Waals surface area (Å²) in [6.45, 7) is 0. The average Bonchev–Trinajstić information content (AvgIpc) is 2.81. The highest BCUT2D eigenvalue weighted by atomic mass is 16.7. The Labute approximate surface area is 175 Å². The summed E-state index contributed by atoms with van der Waals surface area (Å²) in [5.74, 6) is 0.998. The SMILES string of the molecule is O=C(Oc1ccccc1)Oc1ccccc1.O=C(c1ccccc1)c1ccccc1. The number of rotatable bonds is 4. The van der Waals surface area contributed by atoms with E-state index in [-0.39, 0.29) is 5.78 Å². The van der Waals surface area contributed by atoms with Crippen LogP contribution < -0.4 is 9.47 Å². The summed E-state index contributed by atoms with van der Waals surface area (Å²) < 4.78 is 9.91. The van der Waals surface area contributed by atoms with E-state index in [1.54, 1.807) is 48.5 Å². The third-order valence-corrected chi connectivity index (χ3v) is 3.96. The molecule has 0 fully saturated rings. The van der Waals surface area contributed by atoms with Gasteiger partial charge in [0.1, 0.15) is 11.5 Å². The van der Waals surface area contributed by atoms with Gasteiger partial charge in [0, 0.05) is 11.1 Å². The molecule has 0 unspecified atom stereocenters. The van der Waals surface area contributed by atoms with Gasteiger partial charge in [-0.1, -0.05) is 97.1 Å². The molecule has 30 heavy (non-hydrogen) atoms. The summed E-state index contributed by atoms with van der Waals surface area (Å²) in [5, 5.41) is 0. The predicted molar refractivity (Wildman–Crippen MR) is 116 cm³/mol. The molecule has 0 saturated carbocycles. The van der Waals surface area contributed by atoms with Gasteiger partial charge in [-0.05, 0) is 24.3 Å². The van der Waals surface area contributed by atoms with Crippen LogP contribution in [0.1, 0.15) is 15.9 Å². The summed E-state index contributed by atoms with van der Waals surface area (Å²) in [6.07, 6.45) is -0.739. The topological polar surface area (TPSA) is 52.6 Å². The van der Waals surface area contributed by atoms with Crippen molar-refractivity contribution < 1.29 is 19.1 Å². The number of para-hydroxylation sites is 2. The van der Waals surface area contributed by atoms with E-state index in [9.17, 15) is 9.59 Å². The minimum Gasteiger partial charge on any atom is -0.395 e. The number of hydrogen-bond donors (Lipinski definition) is 0. The molecule has 4 nitrogen and oxygen atoms in total. The molecule has 0 amide bonds. The molecule has 0 saturated heterocycles. The van der Waals surface area contributed by atoms with Crippen molar-refractivity contribution in [3.8, 4) is 11.5 Å². The van der Waals surface area contributed by atoms with E-state index in [0.717, 1.165) is 11.1 Å². The zero-order valence-corrected chi connectivity index (χ0v) is 16.2. The van der Waals surface area contributed by atoms with Gasteiger partial charge < -0.3 is 9.47 Å². The van der Waals surface area contributed by atoms with Crippen LogP contribution in [-0.4, -0.2) is 11.9 Å². The molecule has 0 aliphatic carbocycles. The molecule has 4 aromatic rings. The molecule has 0 radical (unpaired) electrons. The fourth-order valence-corrected chi connectivity index (χ4v) is 2.54. The lowest BCUT2D eigenvalue weighted by Gasteiger charge is -2.04. The Balaban J connectivity index is 0.000000172. The molecular formula is C26H20O4. The van der Waals surface area contributed by atoms with Gasteiger partial charge in [0.2, 0.25) is 0 Å². The van der Waals surface area contributed by atoms with Crippen LogP contribution in [0.25, 0.3) is 0 Å². The molecule has 0 spiro atoms. The van der Waals surface area contributed by atoms with Crippen molar-refractivity contribution in [3.63, 3.8) is 0 Å². The van der Waals surface area contributed by atoms with Crippen molar-refractivity contribution in [1.29, 1.82) is 0 Å². The van der Waals surface area contributed by atoms with Crippen LogP contribution in [0, 0.1) is 0 Å². The number of carbonyl (C=O) groups is 2. The van der Waals surface area contributed by atoms with Gasteiger partial charge in [-0.25, -0.2) is 4.79 Å². The highest BCUT2D eigenvalue weighted by molar-refractivity contribution is 6.08. The van der Waals surface area contributed by atoms with Crippen LogP contribution in [0.2, 0.25) is 0 Å². The van der Waals surface area contributed by atoms with Crippen molar-refractivity contribution in [1.82, 2.24) is 0 Å². The molecule has 4 rings (SSSR count). The first kappa shape index (κ1) is 20.6. The molecule has 0 aliphatic heterocycles. The molecule has 0 aliphatic rings. The predicted octanol–water partition coefficient (Wildman–Crippen LogP) is 6.18. The lowest BCUT2D eigenvalue weighted by molar-refractivity contribution is 0.103. The number of ether oxygens (including phenoxy) is 2. The minimum absolute atomic E-state index is 0.0752. The van der Waals surface area contributed by atoms with Crippen LogP contribution in [-0.2, 0) is 0 Å². The summed E-state index contributed by atoms with van der Waals surface area (Å²) in [5.41, 5.74) is 1.47. The third-order valence-electron chi connectivity index (χ3n) is 3.96. The van der Waals surface area contributed by atoms with Crippen LogP contribution in [0.15, 0.2) is 121 Å². The van der Waals surface area contributed by atoms with Crippen LogP contribution >= 0.6 is 0 Å². The van der Waals surface area contributed by atoms with Crippen molar-refractivity contribution in [2.75, 3.05) is 0 Å². The van der Waals surface area contributed by atoms with Gasteiger partial charge in [-0.3, -0.25) is 4.79 Å². The maximum Gasteiger partial charge on any atom is 0.519 e. The Hall–Kier alpha value is -4.18. The highest BCUT2D eigenvalue weighted by Crippen LogP contribution is 2.13. The number of carbonyl (C=O) groups excluding carboxylic acids is 2. The standard InChI is InChI=1S/C13H10O3.C13H10O/c14-13(15-11-7-3-1-4-8-11)16-12-9-5-2-6-10-12;14-13(11-7-3-1-4-8-11)12-9-5-2-6-10-12/h1-10H;1-10H. The van der Waals surface area contributed by atoms with Crippen molar-refractivity contribution in [3.05, 3.63) is 132 Å². The van der Waals surface area contributed by atoms with Gasteiger partial charge in [0.05, 0.1) is 0 Å². The van der Waals surface area contributed by atoms with Crippen molar-refractivity contribution in [2.45, 2.75) is 0 Å². The quantitative estimate of drug-likeness (QED) is 0.235. The van der Waals surface area contributed by atoms with Crippen molar-refractivity contribution >= 4 is 11.9 Å². The fraction of sp³-hybridized carbons (Fsp3) is 0. The molecule has 0 heterocycles. The first-order valence-electron chi connectivity index (χ1n) is 9.37. The number of benzene rings is 4. The molecule has 0 atom stereocenters. The van der Waals surface area contributed by atoms with E-state index in [4.69, 9.17) is 9.47 Å². The second-order valence-corrected chi connectivity index (χ2v) is 6.14. The largest absolute Gasteiger partial charge is 0.519 e. The Morgan fingerprint density at radius 3 is 1.07 bits per heavy atom. The smallest absolute Gasteiger partial charge is 0.395 e. The zero-order valence-electron chi connectivity index (χ0n) is 16.2. The summed E-state index contributed by atoms with van der Waals surface area (Å²) in [4.78, 5) is 23.2. The third kappa shape index (κ3) is 6.46. The van der Waals surface area contributed by atoms with E-state index in [1.807, 2.05) is 72.8 Å². The molecule has 4 aromatic carbocycles. The van der Waals surface area contributed by atoms with Gasteiger partial charge in [-0.2, -0.15) is 0 Å². The van der Waals surface area contributed by atoms with Crippen molar-refractivity contribution in [2.24, 2.45) is 0 Å². The minimum atomic E-state index is -0.739. The fourth-order valence-electron chi connectivity index (χ4n) is 2.54. The molecule has 0 aromatic heterocycles. The van der Waals surface area contributed by atoms with E-state index in [0.29, 0.717) is 11.5 Å². The Morgan fingerprint density at radius 2 is 0.733 bits per heavy atom. The Morgan fingerprint density at radius 1 is 0.433 bits per heavy atom. The Bertz CT molecular complexity index is 962. The number of hydrogen-bond acceptors (Lipinski definition) is 4. The monoisotopic (exact) mass is 396 g/mol. The van der Waals surface area contributed by atoms with Gasteiger partial charge in [0.15, 0.2) is 5.78 Å². The summed E-state index contributed by atoms with van der Waals surface area (Å²) in [6, 6.07) is 36.2. The van der Waals surface area contributed by atoms with Crippen LogP contribution in [0.5, 0.6) is 11.5 Å². The highest BCUT2D eigenvalue weighted by Gasteiger charge is 2.07. The lowest BCUT2D eigenvalue weighted by Crippen LogP contribution is -2.13. The van der Waals surface area contributed by atoms with Gasteiger partial charge >= 0.3 is 6.16 Å². The van der Waals surface area contributed by atoms with Gasteiger partial charge in [-0.15, -0.1) is 0 Å². The Kier molecular flexibility index (Phi) is 7.52. The maximum atomic E-state index is 11.8. The molecule has 0 N–H and O–H groups in total. The number of ketones is 1. The molecule has 4 heteroatoms. The second kappa shape index (κ2) is 11.0. The van der Waals surface area contributed by atoms with Gasteiger partial charge in [0.25, 0.3) is 0 Å². The summed E-state index contributed by atoms with van der Waals surface area (Å²) >= 11 is 0. The molecule has 148 valence electrons. The van der Waals surface area contributed by atoms with E-state index in [2.05, 4.69) is 0 Å². The molecular weight excluding hydrogens is 376 g/mol. The zero-order chi connectivity index (χ0) is 21.0. The van der Waals surface area contributed by atoms with Crippen LogP contribution in [0.4, 0.5) is 4.79 Å². The second-order valence-electron chi connectivity index (χ2n) is 6.14. The van der Waals surface area contributed by atoms with E-state index < -0.39 is 6.16 Å². The maximum absolute atomic E-state index is 11.8. The van der Waals surface area contributed by atoms with Crippen LogP contribution in [0.3, 0.4) is 0 Å². The average molecular weight is 396 g/mol.